The van der Waals surface area contributed by atoms with Crippen molar-refractivity contribution in [3.05, 3.63) is 34.8 Å². The van der Waals surface area contributed by atoms with Gasteiger partial charge in [-0.25, -0.2) is 4.98 Å². The fourth-order valence-corrected chi connectivity index (χ4v) is 3.40. The number of amides is 1. The molecule has 21 heavy (non-hydrogen) atoms. The van der Waals surface area contributed by atoms with Crippen LogP contribution in [0.25, 0.3) is 10.9 Å². The Hall–Kier alpha value is -1.62. The van der Waals surface area contributed by atoms with Gasteiger partial charge in [0, 0.05) is 29.4 Å². The molecule has 1 aromatic carbocycles. The molecule has 5 heteroatoms. The van der Waals surface area contributed by atoms with Gasteiger partial charge in [-0.15, -0.1) is 0 Å². The van der Waals surface area contributed by atoms with Gasteiger partial charge >= 0.3 is 0 Å². The number of para-hydroxylation sites is 1. The second-order valence-corrected chi connectivity index (χ2v) is 6.44. The van der Waals surface area contributed by atoms with Crippen LogP contribution in [0.1, 0.15) is 19.3 Å². The van der Waals surface area contributed by atoms with Crippen molar-refractivity contribution in [2.45, 2.75) is 19.3 Å². The minimum atomic E-state index is -0.193. The van der Waals surface area contributed by atoms with Gasteiger partial charge < -0.3 is 10.6 Å². The maximum absolute atomic E-state index is 11.0. The number of aromatic nitrogens is 1. The van der Waals surface area contributed by atoms with Gasteiger partial charge in [0.05, 0.1) is 5.52 Å². The number of fused-ring (bicyclic) bond motifs is 1. The number of halogens is 1. The molecule has 3 rings (SSSR count). The summed E-state index contributed by atoms with van der Waals surface area (Å²) in [6.45, 7) is 1.86. The molecule has 1 aliphatic heterocycles. The lowest BCUT2D eigenvalue weighted by Gasteiger charge is -2.32. The van der Waals surface area contributed by atoms with Gasteiger partial charge in [-0.05, 0) is 52.9 Å². The smallest absolute Gasteiger partial charge is 0.217 e. The minimum absolute atomic E-state index is 0.193. The summed E-state index contributed by atoms with van der Waals surface area (Å²) >= 11 is 3.56. The molecule has 2 aromatic rings. The Bertz CT molecular complexity index is 666. The third-order valence-corrected chi connectivity index (χ3v) is 4.72. The standard InChI is InChI=1S/C16H18BrN3O/c17-13-3-1-2-12-4-5-15(19-16(12)13)20-8-6-11(7-9-20)10-14(18)21/h1-5,11H,6-10H2,(H2,18,21). The number of hydrogen-bond acceptors (Lipinski definition) is 3. The molecule has 1 fully saturated rings. The first-order valence-electron chi connectivity index (χ1n) is 7.22. The number of piperidine rings is 1. The number of carbonyl (C=O) groups excluding carboxylic acids is 1. The number of benzene rings is 1. The topological polar surface area (TPSA) is 59.2 Å². The van der Waals surface area contributed by atoms with Gasteiger partial charge in [-0.2, -0.15) is 0 Å². The van der Waals surface area contributed by atoms with Crippen LogP contribution in [0, 0.1) is 5.92 Å². The minimum Gasteiger partial charge on any atom is -0.370 e. The first-order valence-corrected chi connectivity index (χ1v) is 8.01. The lowest BCUT2D eigenvalue weighted by molar-refractivity contribution is -0.119. The Morgan fingerprint density at radius 3 is 2.76 bits per heavy atom. The number of carbonyl (C=O) groups is 1. The van der Waals surface area contributed by atoms with Gasteiger partial charge in [0.1, 0.15) is 5.82 Å². The maximum atomic E-state index is 11.0. The highest BCUT2D eigenvalue weighted by Crippen LogP contribution is 2.28. The number of hydrogen-bond donors (Lipinski definition) is 1. The SMILES string of the molecule is NC(=O)CC1CCN(c2ccc3cccc(Br)c3n2)CC1. The number of nitrogens with two attached hydrogens (primary N) is 1. The molecule has 110 valence electrons. The van der Waals surface area contributed by atoms with Gasteiger partial charge in [0.2, 0.25) is 5.91 Å². The van der Waals surface area contributed by atoms with Crippen LogP contribution in [-0.2, 0) is 4.79 Å². The Labute approximate surface area is 132 Å². The van der Waals surface area contributed by atoms with Crippen LogP contribution < -0.4 is 10.6 Å². The van der Waals surface area contributed by atoms with Crippen LogP contribution in [0.15, 0.2) is 34.8 Å². The van der Waals surface area contributed by atoms with E-state index in [1.54, 1.807) is 0 Å². The van der Waals surface area contributed by atoms with Crippen LogP contribution in [-0.4, -0.2) is 24.0 Å². The highest BCUT2D eigenvalue weighted by Gasteiger charge is 2.21. The second-order valence-electron chi connectivity index (χ2n) is 5.58. The first-order chi connectivity index (χ1) is 10.1. The number of nitrogens with zero attached hydrogens (tertiary/aromatic N) is 2. The Kier molecular flexibility index (Phi) is 4.10. The lowest BCUT2D eigenvalue weighted by Crippen LogP contribution is -2.35. The van der Waals surface area contributed by atoms with E-state index in [2.05, 4.69) is 39.0 Å². The van der Waals surface area contributed by atoms with Crippen LogP contribution in [0.3, 0.4) is 0 Å². The van der Waals surface area contributed by atoms with Crippen molar-refractivity contribution in [3.63, 3.8) is 0 Å². The molecule has 1 aromatic heterocycles. The zero-order valence-corrected chi connectivity index (χ0v) is 13.3. The van der Waals surface area contributed by atoms with E-state index in [4.69, 9.17) is 10.7 Å². The van der Waals surface area contributed by atoms with Crippen molar-refractivity contribution < 1.29 is 4.79 Å². The molecule has 4 nitrogen and oxygen atoms in total. The monoisotopic (exact) mass is 347 g/mol. The quantitative estimate of drug-likeness (QED) is 0.927. The maximum Gasteiger partial charge on any atom is 0.217 e. The van der Waals surface area contributed by atoms with E-state index in [9.17, 15) is 4.79 Å². The van der Waals surface area contributed by atoms with E-state index in [1.807, 2.05) is 12.1 Å². The molecule has 1 amide bonds. The molecule has 0 spiro atoms. The molecular weight excluding hydrogens is 330 g/mol. The summed E-state index contributed by atoms with van der Waals surface area (Å²) in [5.74, 6) is 1.24. The summed E-state index contributed by atoms with van der Waals surface area (Å²) in [7, 11) is 0. The molecule has 0 aliphatic carbocycles. The van der Waals surface area contributed by atoms with Crippen molar-refractivity contribution in [1.82, 2.24) is 4.98 Å². The van der Waals surface area contributed by atoms with Gasteiger partial charge in [0.25, 0.3) is 0 Å². The van der Waals surface area contributed by atoms with Gasteiger partial charge in [0.15, 0.2) is 0 Å². The molecule has 0 saturated carbocycles. The summed E-state index contributed by atoms with van der Waals surface area (Å²) in [6, 6.07) is 10.3. The predicted octanol–water partition coefficient (Wildman–Crippen LogP) is 3.09. The molecule has 0 atom stereocenters. The molecule has 0 unspecified atom stereocenters. The average Bonchev–Trinajstić information content (AvgIpc) is 2.48. The number of pyridine rings is 1. The van der Waals surface area contributed by atoms with E-state index in [1.165, 1.54) is 0 Å². The van der Waals surface area contributed by atoms with Crippen LogP contribution in [0.4, 0.5) is 5.82 Å². The third kappa shape index (κ3) is 3.18. The third-order valence-electron chi connectivity index (χ3n) is 4.08. The molecule has 2 heterocycles. The average molecular weight is 348 g/mol. The van der Waals surface area contributed by atoms with Crippen molar-refractivity contribution in [3.8, 4) is 0 Å². The summed E-state index contributed by atoms with van der Waals surface area (Å²) in [5.41, 5.74) is 6.27. The van der Waals surface area contributed by atoms with E-state index in [-0.39, 0.29) is 5.91 Å². The van der Waals surface area contributed by atoms with Crippen LogP contribution in [0.2, 0.25) is 0 Å². The molecular formula is C16H18BrN3O. The fourth-order valence-electron chi connectivity index (χ4n) is 2.93. The Morgan fingerprint density at radius 1 is 1.29 bits per heavy atom. The van der Waals surface area contributed by atoms with E-state index in [0.717, 1.165) is 47.1 Å². The molecule has 1 saturated heterocycles. The van der Waals surface area contributed by atoms with Crippen LogP contribution >= 0.6 is 15.9 Å². The van der Waals surface area contributed by atoms with Crippen molar-refractivity contribution >= 4 is 38.6 Å². The molecule has 2 N–H and O–H groups in total. The molecule has 1 aliphatic rings. The summed E-state index contributed by atoms with van der Waals surface area (Å²) < 4.78 is 1.02. The van der Waals surface area contributed by atoms with E-state index in [0.29, 0.717) is 12.3 Å². The zero-order valence-electron chi connectivity index (χ0n) is 11.8. The Morgan fingerprint density at radius 2 is 2.05 bits per heavy atom. The van der Waals surface area contributed by atoms with E-state index < -0.39 is 0 Å². The number of anilines is 1. The highest BCUT2D eigenvalue weighted by atomic mass is 79.9. The van der Waals surface area contributed by atoms with Crippen LogP contribution in [0.5, 0.6) is 0 Å². The Balaban J connectivity index is 1.76. The first kappa shape index (κ1) is 14.3. The normalized spacial score (nSPS) is 16.3. The second kappa shape index (κ2) is 6.02. The van der Waals surface area contributed by atoms with Gasteiger partial charge in [-0.3, -0.25) is 4.79 Å². The predicted molar refractivity (Wildman–Crippen MR) is 88.2 cm³/mol. The number of rotatable bonds is 3. The van der Waals surface area contributed by atoms with Crippen molar-refractivity contribution in [1.29, 1.82) is 0 Å². The molecule has 0 bridgehead atoms. The van der Waals surface area contributed by atoms with Crippen molar-refractivity contribution in [2.24, 2.45) is 11.7 Å². The zero-order chi connectivity index (χ0) is 14.8. The summed E-state index contributed by atoms with van der Waals surface area (Å²) in [4.78, 5) is 18.1. The summed E-state index contributed by atoms with van der Waals surface area (Å²) in [6.07, 6.45) is 2.50. The van der Waals surface area contributed by atoms with Gasteiger partial charge in [-0.1, -0.05) is 12.1 Å². The largest absolute Gasteiger partial charge is 0.370 e. The molecule has 0 radical (unpaired) electrons. The fraction of sp³-hybridized carbons (Fsp3) is 0.375. The lowest BCUT2D eigenvalue weighted by atomic mass is 9.93. The van der Waals surface area contributed by atoms with Crippen molar-refractivity contribution in [2.75, 3.05) is 18.0 Å². The number of primary amides is 1. The summed E-state index contributed by atoms with van der Waals surface area (Å²) in [5, 5.41) is 1.14. The highest BCUT2D eigenvalue weighted by molar-refractivity contribution is 9.10. The van der Waals surface area contributed by atoms with E-state index >= 15 is 0 Å².